The fourth-order valence-electron chi connectivity index (χ4n) is 3.19. The van der Waals surface area contributed by atoms with Crippen molar-refractivity contribution in [2.45, 2.75) is 44.9 Å². The summed E-state index contributed by atoms with van der Waals surface area (Å²) < 4.78 is 10.8. The summed E-state index contributed by atoms with van der Waals surface area (Å²) in [5.74, 6) is 0.155. The molecule has 3 rings (SSSR count). The molecular weight excluding hydrogens is 450 g/mol. The highest BCUT2D eigenvalue weighted by Crippen LogP contribution is 2.15. The highest BCUT2D eigenvalue weighted by molar-refractivity contribution is 5.79. The number of carboxylic acids is 1. The van der Waals surface area contributed by atoms with Gasteiger partial charge in [-0.1, -0.05) is 42.5 Å². The molecule has 1 aromatic heterocycles. The van der Waals surface area contributed by atoms with Crippen LogP contribution >= 0.6 is 0 Å². The number of amides is 1. The van der Waals surface area contributed by atoms with Crippen molar-refractivity contribution >= 4 is 18.0 Å². The van der Waals surface area contributed by atoms with Crippen molar-refractivity contribution in [1.82, 2.24) is 20.7 Å². The first-order valence-corrected chi connectivity index (χ1v) is 11.4. The van der Waals surface area contributed by atoms with E-state index in [0.717, 1.165) is 24.0 Å². The highest BCUT2D eigenvalue weighted by Gasteiger charge is 2.20. The summed E-state index contributed by atoms with van der Waals surface area (Å²) in [6.45, 7) is 2.28. The van der Waals surface area contributed by atoms with E-state index in [2.05, 4.69) is 33.1 Å². The Hall–Kier alpha value is -4.05. The maximum Gasteiger partial charge on any atom is 0.408 e. The van der Waals surface area contributed by atoms with Gasteiger partial charge in [-0.25, -0.2) is 20.0 Å². The summed E-state index contributed by atoms with van der Waals surface area (Å²) in [6, 6.07) is 16.0. The second-order valence-corrected chi connectivity index (χ2v) is 8.02. The lowest BCUT2D eigenvalue weighted by Crippen LogP contribution is -2.42. The normalized spacial score (nSPS) is 12.4. The summed E-state index contributed by atoms with van der Waals surface area (Å²) in [5.41, 5.74) is 8.19. The number of hydrogen-bond acceptors (Lipinski definition) is 7. The van der Waals surface area contributed by atoms with Gasteiger partial charge in [0, 0.05) is 24.9 Å². The second kappa shape index (κ2) is 13.6. The van der Waals surface area contributed by atoms with Crippen LogP contribution in [0.25, 0.3) is 0 Å². The Labute approximate surface area is 204 Å². The lowest BCUT2D eigenvalue weighted by atomic mass is 10.1. The fraction of sp³-hybridized carbons (Fsp3) is 0.320. The number of carbonyl (C=O) groups is 2. The van der Waals surface area contributed by atoms with Crippen molar-refractivity contribution in [2.75, 3.05) is 12.0 Å². The van der Waals surface area contributed by atoms with Gasteiger partial charge < -0.3 is 24.9 Å². The van der Waals surface area contributed by atoms with Crippen LogP contribution < -0.4 is 20.9 Å². The molecule has 0 saturated heterocycles. The third kappa shape index (κ3) is 9.38. The maximum atomic E-state index is 12.0. The number of aliphatic carboxylic acids is 1. The number of H-pyrrole nitrogens is 1. The van der Waals surface area contributed by atoms with Crippen LogP contribution in [-0.4, -0.2) is 45.8 Å². The topological polar surface area (TPSA) is 138 Å². The van der Waals surface area contributed by atoms with Crippen LogP contribution in [0, 0.1) is 0 Å². The molecule has 0 spiro atoms. The molecule has 2 atom stereocenters. The number of aromatic nitrogens is 2. The Kier molecular flexibility index (Phi) is 9.94. The van der Waals surface area contributed by atoms with E-state index in [1.54, 1.807) is 12.4 Å². The van der Waals surface area contributed by atoms with Crippen molar-refractivity contribution in [3.8, 4) is 5.75 Å². The molecule has 10 heteroatoms. The molecule has 2 aromatic carbocycles. The van der Waals surface area contributed by atoms with Crippen LogP contribution in [0.15, 0.2) is 67.0 Å². The van der Waals surface area contributed by atoms with Crippen LogP contribution in [0.5, 0.6) is 5.75 Å². The first-order chi connectivity index (χ1) is 17.0. The summed E-state index contributed by atoms with van der Waals surface area (Å²) >= 11 is 0. The first-order valence-electron chi connectivity index (χ1n) is 11.4. The lowest BCUT2D eigenvalue weighted by molar-refractivity contribution is -0.139. The number of aryl methyl sites for hydroxylation is 1. The molecule has 1 amide bonds. The number of carboxylic acid groups (broad SMARTS) is 1. The largest absolute Gasteiger partial charge is 0.494 e. The molecule has 0 saturated carbocycles. The number of hydrogen-bond donors (Lipinski definition) is 5. The summed E-state index contributed by atoms with van der Waals surface area (Å²) in [5, 5.41) is 11.8. The molecule has 0 aliphatic heterocycles. The molecule has 0 bridgehead atoms. The van der Waals surface area contributed by atoms with Crippen LogP contribution in [0.1, 0.15) is 30.9 Å². The minimum Gasteiger partial charge on any atom is -0.494 e. The van der Waals surface area contributed by atoms with E-state index in [1.807, 2.05) is 54.6 Å². The Balaban J connectivity index is 1.34. The molecule has 5 N–H and O–H groups in total. The highest BCUT2D eigenvalue weighted by atomic mass is 16.5. The first kappa shape index (κ1) is 25.6. The Morgan fingerprint density at radius 3 is 2.51 bits per heavy atom. The summed E-state index contributed by atoms with van der Waals surface area (Å²) in [6.07, 6.45) is 4.54. The molecule has 1 heterocycles. The quantitative estimate of drug-likeness (QED) is 0.221. The third-order valence-electron chi connectivity index (χ3n) is 5.20. The van der Waals surface area contributed by atoms with E-state index in [9.17, 15) is 14.7 Å². The van der Waals surface area contributed by atoms with E-state index in [0.29, 0.717) is 11.7 Å². The van der Waals surface area contributed by atoms with Gasteiger partial charge in [-0.3, -0.25) is 5.43 Å². The lowest BCUT2D eigenvalue weighted by Gasteiger charge is -2.16. The minimum absolute atomic E-state index is 0.0667. The van der Waals surface area contributed by atoms with Gasteiger partial charge in [0.25, 0.3) is 0 Å². The van der Waals surface area contributed by atoms with Crippen molar-refractivity contribution in [3.63, 3.8) is 0 Å². The molecule has 0 aliphatic carbocycles. The van der Waals surface area contributed by atoms with Crippen molar-refractivity contribution in [1.29, 1.82) is 0 Å². The van der Waals surface area contributed by atoms with E-state index in [1.165, 1.54) is 0 Å². The molecule has 0 aliphatic rings. The number of imidazole rings is 1. The average Bonchev–Trinajstić information content (AvgIpc) is 3.39. The Morgan fingerprint density at radius 1 is 1.06 bits per heavy atom. The Morgan fingerprint density at radius 2 is 1.83 bits per heavy atom. The van der Waals surface area contributed by atoms with E-state index >= 15 is 0 Å². The zero-order valence-corrected chi connectivity index (χ0v) is 19.6. The number of anilines is 1. The number of alkyl carbamates (subject to hydrolysis) is 1. The third-order valence-corrected chi connectivity index (χ3v) is 5.20. The van der Waals surface area contributed by atoms with E-state index < -0.39 is 18.1 Å². The van der Waals surface area contributed by atoms with E-state index in [-0.39, 0.29) is 25.7 Å². The predicted molar refractivity (Wildman–Crippen MR) is 131 cm³/mol. The van der Waals surface area contributed by atoms with Crippen molar-refractivity contribution in [2.24, 2.45) is 0 Å². The van der Waals surface area contributed by atoms with Gasteiger partial charge in [-0.05, 0) is 43.0 Å². The SMILES string of the molecule is CC(CCc1ccc(OCCC(NC(=O)OCc2ccccc2)C(=O)O)cc1)NNc1ncc[nH]1. The standard InChI is InChI=1S/C25H31N5O5/c1-18(29-30-24-26-14-15-27-24)7-8-19-9-11-21(12-10-19)34-16-13-22(23(31)32)28-25(33)35-17-20-5-3-2-4-6-20/h2-6,9-12,14-15,18,22,29H,7-8,13,16-17H2,1H3,(H,28,33)(H,31,32)(H2,26,27,30). The maximum absolute atomic E-state index is 12.0. The van der Waals surface area contributed by atoms with Crippen LogP contribution in [0.3, 0.4) is 0 Å². The van der Waals surface area contributed by atoms with Crippen LogP contribution in [0.2, 0.25) is 0 Å². The van der Waals surface area contributed by atoms with Gasteiger partial charge in [-0.15, -0.1) is 0 Å². The molecule has 10 nitrogen and oxygen atoms in total. The van der Waals surface area contributed by atoms with Crippen molar-refractivity contribution in [3.05, 3.63) is 78.1 Å². The van der Waals surface area contributed by atoms with Gasteiger partial charge in [0.15, 0.2) is 0 Å². The van der Waals surface area contributed by atoms with E-state index in [4.69, 9.17) is 9.47 Å². The summed E-state index contributed by atoms with van der Waals surface area (Å²) in [7, 11) is 0. The molecule has 0 radical (unpaired) electrons. The molecule has 35 heavy (non-hydrogen) atoms. The number of aromatic amines is 1. The zero-order chi connectivity index (χ0) is 24.9. The van der Waals surface area contributed by atoms with Gasteiger partial charge in [0.05, 0.1) is 6.61 Å². The minimum atomic E-state index is -1.15. The molecule has 0 fully saturated rings. The van der Waals surface area contributed by atoms with Gasteiger partial charge in [0.2, 0.25) is 5.95 Å². The monoisotopic (exact) mass is 481 g/mol. The number of carbonyl (C=O) groups excluding carboxylic acids is 1. The molecule has 3 aromatic rings. The number of rotatable bonds is 14. The van der Waals surface area contributed by atoms with Crippen molar-refractivity contribution < 1.29 is 24.2 Å². The molecular formula is C25H31N5O5. The van der Waals surface area contributed by atoms with Crippen LogP contribution in [0.4, 0.5) is 10.7 Å². The smallest absolute Gasteiger partial charge is 0.408 e. The summed E-state index contributed by atoms with van der Waals surface area (Å²) in [4.78, 5) is 30.5. The van der Waals surface area contributed by atoms with Gasteiger partial charge in [-0.2, -0.15) is 0 Å². The molecule has 186 valence electrons. The van der Waals surface area contributed by atoms with Crippen LogP contribution in [-0.2, 0) is 22.6 Å². The average molecular weight is 482 g/mol. The predicted octanol–water partition coefficient (Wildman–Crippen LogP) is 3.50. The number of ether oxygens (including phenoxy) is 2. The molecule has 2 unspecified atom stereocenters. The van der Waals surface area contributed by atoms with Gasteiger partial charge in [0.1, 0.15) is 18.4 Å². The number of benzene rings is 2. The Bertz CT molecular complexity index is 1030. The number of hydrazine groups is 1. The van der Waals surface area contributed by atoms with Gasteiger partial charge >= 0.3 is 12.1 Å². The fourth-order valence-corrected chi connectivity index (χ4v) is 3.19. The number of nitrogens with one attached hydrogen (secondary N) is 4. The number of nitrogens with zero attached hydrogens (tertiary/aromatic N) is 1. The second-order valence-electron chi connectivity index (χ2n) is 8.02. The zero-order valence-electron chi connectivity index (χ0n) is 19.6.